The Balaban J connectivity index is 1.87. The van der Waals surface area contributed by atoms with Gasteiger partial charge >= 0.3 is 6.18 Å². The predicted octanol–water partition coefficient (Wildman–Crippen LogP) is 5.43. The van der Waals surface area contributed by atoms with E-state index in [9.17, 15) is 31.5 Å². The first-order chi connectivity index (χ1) is 14.9. The van der Waals surface area contributed by atoms with Crippen LogP contribution >= 0.6 is 11.6 Å². The Labute approximate surface area is 186 Å². The number of hydrogen-bond acceptors (Lipinski definition) is 4. The van der Waals surface area contributed by atoms with Crippen molar-refractivity contribution in [3.63, 3.8) is 0 Å². The second-order valence-electron chi connectivity index (χ2n) is 6.80. The number of rotatable bonds is 5. The summed E-state index contributed by atoms with van der Waals surface area (Å²) in [4.78, 5) is 12.1. The minimum absolute atomic E-state index is 0.0528. The largest absolute Gasteiger partial charge is 0.506 e. The fraction of sp³-hybridized carbons (Fsp3) is 0.0952. The van der Waals surface area contributed by atoms with Gasteiger partial charge in [-0.1, -0.05) is 23.7 Å². The van der Waals surface area contributed by atoms with Crippen molar-refractivity contribution in [2.45, 2.75) is 18.0 Å². The Kier molecular flexibility index (Phi) is 6.38. The van der Waals surface area contributed by atoms with Crippen molar-refractivity contribution in [2.75, 3.05) is 10.0 Å². The molecule has 0 saturated heterocycles. The van der Waals surface area contributed by atoms with Gasteiger partial charge in [0.25, 0.3) is 15.9 Å². The number of amides is 1. The minimum atomic E-state index is -4.69. The molecule has 0 aliphatic carbocycles. The highest BCUT2D eigenvalue weighted by Gasteiger charge is 2.31. The van der Waals surface area contributed by atoms with Crippen molar-refractivity contribution < 1.29 is 31.5 Å². The summed E-state index contributed by atoms with van der Waals surface area (Å²) in [5, 5.41) is 12.2. The number of halogens is 4. The number of nitrogens with one attached hydrogen (secondary N) is 2. The lowest BCUT2D eigenvalue weighted by Gasteiger charge is -2.13. The lowest BCUT2D eigenvalue weighted by molar-refractivity contribution is -0.137. The number of benzene rings is 3. The summed E-state index contributed by atoms with van der Waals surface area (Å²) in [7, 11) is -4.37. The molecule has 3 aromatic carbocycles. The van der Waals surface area contributed by atoms with Gasteiger partial charge in [-0.25, -0.2) is 8.42 Å². The van der Waals surface area contributed by atoms with Crippen LogP contribution in [0.3, 0.4) is 0 Å². The number of aromatic hydroxyl groups is 1. The van der Waals surface area contributed by atoms with Gasteiger partial charge in [0.1, 0.15) is 5.75 Å². The molecule has 0 aromatic heterocycles. The highest BCUT2D eigenvalue weighted by molar-refractivity contribution is 7.92. The molecule has 0 bridgehead atoms. The summed E-state index contributed by atoms with van der Waals surface area (Å²) in [6, 6.07) is 11.7. The fourth-order valence-electron chi connectivity index (χ4n) is 2.73. The summed E-state index contributed by atoms with van der Waals surface area (Å²) in [5.74, 6) is -0.860. The molecule has 3 aromatic rings. The van der Waals surface area contributed by atoms with Gasteiger partial charge in [-0.15, -0.1) is 0 Å². The summed E-state index contributed by atoms with van der Waals surface area (Å²) >= 11 is 5.86. The third kappa shape index (κ3) is 5.32. The number of sulfonamides is 1. The zero-order valence-electron chi connectivity index (χ0n) is 16.4. The topological polar surface area (TPSA) is 95.5 Å². The Morgan fingerprint density at radius 2 is 1.72 bits per heavy atom. The predicted molar refractivity (Wildman–Crippen MR) is 115 cm³/mol. The molecule has 0 unspecified atom stereocenters. The number of carbonyl (C=O) groups excluding carboxylic acids is 1. The van der Waals surface area contributed by atoms with Crippen LogP contribution in [0, 0.1) is 6.92 Å². The van der Waals surface area contributed by atoms with Crippen molar-refractivity contribution in [3.05, 3.63) is 82.4 Å². The van der Waals surface area contributed by atoms with Crippen molar-refractivity contribution in [1.29, 1.82) is 0 Å². The van der Waals surface area contributed by atoms with E-state index in [1.165, 1.54) is 30.3 Å². The zero-order chi connectivity index (χ0) is 23.7. The van der Waals surface area contributed by atoms with Crippen LogP contribution in [-0.4, -0.2) is 19.4 Å². The molecule has 11 heteroatoms. The van der Waals surface area contributed by atoms with E-state index < -0.39 is 33.4 Å². The van der Waals surface area contributed by atoms with Gasteiger partial charge in [-0.3, -0.25) is 9.52 Å². The molecule has 0 heterocycles. The van der Waals surface area contributed by atoms with E-state index in [1.807, 2.05) is 4.72 Å². The first-order valence-corrected chi connectivity index (χ1v) is 10.8. The van der Waals surface area contributed by atoms with E-state index in [0.29, 0.717) is 6.07 Å². The molecule has 32 heavy (non-hydrogen) atoms. The number of phenols is 1. The molecule has 0 atom stereocenters. The molecule has 1 amide bonds. The van der Waals surface area contributed by atoms with Gasteiger partial charge < -0.3 is 10.4 Å². The molecule has 168 valence electrons. The molecular weight excluding hydrogens is 469 g/mol. The molecule has 0 radical (unpaired) electrons. The Bertz CT molecular complexity index is 1290. The van der Waals surface area contributed by atoms with Gasteiger partial charge in [0.05, 0.1) is 26.9 Å². The molecule has 0 fully saturated rings. The van der Waals surface area contributed by atoms with Gasteiger partial charge in [0, 0.05) is 5.56 Å². The van der Waals surface area contributed by atoms with Crippen LogP contribution in [0.15, 0.2) is 65.6 Å². The summed E-state index contributed by atoms with van der Waals surface area (Å²) in [5.41, 5.74) is -0.690. The summed E-state index contributed by atoms with van der Waals surface area (Å²) in [6.45, 7) is 1.75. The van der Waals surface area contributed by atoms with Crippen LogP contribution in [0.1, 0.15) is 21.5 Å². The second kappa shape index (κ2) is 8.71. The molecule has 0 saturated carbocycles. The number of alkyl halides is 3. The van der Waals surface area contributed by atoms with Crippen LogP contribution < -0.4 is 10.0 Å². The maximum Gasteiger partial charge on any atom is 0.416 e. The first-order valence-electron chi connectivity index (χ1n) is 8.97. The summed E-state index contributed by atoms with van der Waals surface area (Å²) < 4.78 is 66.3. The number of aryl methyl sites for hydroxylation is 1. The highest BCUT2D eigenvalue weighted by atomic mass is 35.5. The molecule has 3 N–H and O–H groups in total. The van der Waals surface area contributed by atoms with Crippen molar-refractivity contribution in [1.82, 2.24) is 0 Å². The van der Waals surface area contributed by atoms with Crippen LogP contribution in [-0.2, 0) is 16.2 Å². The maximum atomic E-state index is 12.9. The van der Waals surface area contributed by atoms with Crippen molar-refractivity contribution in [3.8, 4) is 5.75 Å². The molecule has 0 spiro atoms. The first kappa shape index (κ1) is 23.4. The Hall–Kier alpha value is -3.24. The number of carbonyl (C=O) groups is 1. The van der Waals surface area contributed by atoms with E-state index in [4.69, 9.17) is 11.6 Å². The normalized spacial score (nSPS) is 11.8. The van der Waals surface area contributed by atoms with Crippen LogP contribution in [0.4, 0.5) is 24.5 Å². The van der Waals surface area contributed by atoms with Gasteiger partial charge in [-0.05, 0) is 61.0 Å². The van der Waals surface area contributed by atoms with E-state index in [0.717, 1.165) is 23.8 Å². The Morgan fingerprint density at radius 3 is 2.38 bits per heavy atom. The van der Waals surface area contributed by atoms with E-state index in [-0.39, 0.29) is 26.9 Å². The molecular formula is C21H16ClF3N2O4S. The minimum Gasteiger partial charge on any atom is -0.506 e. The monoisotopic (exact) mass is 484 g/mol. The van der Waals surface area contributed by atoms with Gasteiger partial charge in [0.2, 0.25) is 0 Å². The molecule has 0 aliphatic heterocycles. The van der Waals surface area contributed by atoms with E-state index in [1.54, 1.807) is 13.0 Å². The van der Waals surface area contributed by atoms with E-state index in [2.05, 4.69) is 5.32 Å². The third-order valence-electron chi connectivity index (χ3n) is 4.35. The maximum absolute atomic E-state index is 12.9. The lowest BCUT2D eigenvalue weighted by atomic mass is 10.2. The number of phenolic OH excluding ortho intramolecular Hbond substituents is 1. The second-order valence-corrected chi connectivity index (χ2v) is 8.89. The summed E-state index contributed by atoms with van der Waals surface area (Å²) in [6.07, 6.45) is -4.69. The van der Waals surface area contributed by atoms with Crippen LogP contribution in [0.2, 0.25) is 5.02 Å². The zero-order valence-corrected chi connectivity index (χ0v) is 17.9. The van der Waals surface area contributed by atoms with Gasteiger partial charge in [0.15, 0.2) is 0 Å². The molecule has 6 nitrogen and oxygen atoms in total. The third-order valence-corrected chi connectivity index (χ3v) is 6.04. The average Bonchev–Trinajstić information content (AvgIpc) is 2.71. The SMILES string of the molecule is Cc1ccc(NC(=O)c2cccc(S(=O)(=O)Nc3cc(C(F)(F)F)ccc3Cl)c2)c(O)c1. The molecule has 0 aliphatic rings. The van der Waals surface area contributed by atoms with Gasteiger partial charge in [-0.2, -0.15) is 13.2 Å². The van der Waals surface area contributed by atoms with Crippen molar-refractivity contribution in [2.24, 2.45) is 0 Å². The Morgan fingerprint density at radius 1 is 1.00 bits per heavy atom. The highest BCUT2D eigenvalue weighted by Crippen LogP contribution is 2.34. The van der Waals surface area contributed by atoms with Crippen LogP contribution in [0.25, 0.3) is 0 Å². The fourth-order valence-corrected chi connectivity index (χ4v) is 4.07. The quantitative estimate of drug-likeness (QED) is 0.421. The van der Waals surface area contributed by atoms with Crippen LogP contribution in [0.5, 0.6) is 5.75 Å². The number of hydrogen-bond donors (Lipinski definition) is 3. The van der Waals surface area contributed by atoms with E-state index >= 15 is 0 Å². The lowest BCUT2D eigenvalue weighted by Crippen LogP contribution is -2.16. The average molecular weight is 485 g/mol. The standard InChI is InChI=1S/C21H16ClF3N2O4S/c1-12-5-8-17(19(28)9-12)26-20(29)13-3-2-4-15(10-13)32(30,31)27-18-11-14(21(23,24)25)6-7-16(18)22/h2-11,27-28H,1H3,(H,26,29). The molecule has 3 rings (SSSR count). The number of anilines is 2. The van der Waals surface area contributed by atoms with Crippen molar-refractivity contribution >= 4 is 38.9 Å². The smallest absolute Gasteiger partial charge is 0.416 e.